The highest BCUT2D eigenvalue weighted by Crippen LogP contribution is 2.19. The van der Waals surface area contributed by atoms with Crippen molar-refractivity contribution in [2.45, 2.75) is 19.2 Å². The summed E-state index contributed by atoms with van der Waals surface area (Å²) < 4.78 is 32.8. The molecule has 0 spiro atoms. The van der Waals surface area contributed by atoms with Crippen molar-refractivity contribution in [1.82, 2.24) is 15.0 Å². The van der Waals surface area contributed by atoms with Gasteiger partial charge in [0.15, 0.2) is 0 Å². The number of ether oxygens (including phenoxy) is 1. The zero-order chi connectivity index (χ0) is 17.0. The molecule has 2 aromatic rings. The van der Waals surface area contributed by atoms with E-state index in [1.165, 1.54) is 13.2 Å². The average molecular weight is 479 g/mol. The van der Waals surface area contributed by atoms with E-state index in [-0.39, 0.29) is 31.7 Å². The van der Waals surface area contributed by atoms with Crippen molar-refractivity contribution >= 4 is 44.6 Å². The molecule has 0 radical (unpaired) electrons. The number of sulfonamides is 1. The lowest BCUT2D eigenvalue weighted by Crippen LogP contribution is -2.29. The molecule has 2 rings (SSSR count). The van der Waals surface area contributed by atoms with Crippen LogP contribution in [0.5, 0.6) is 6.01 Å². The fourth-order valence-electron chi connectivity index (χ4n) is 1.54. The molecule has 0 saturated heterocycles. The van der Waals surface area contributed by atoms with E-state index in [1.54, 1.807) is 25.1 Å². The Labute approximate surface area is 160 Å². The molecule has 9 nitrogen and oxygen atoms in total. The summed E-state index contributed by atoms with van der Waals surface area (Å²) in [4.78, 5) is 11.4. The van der Waals surface area contributed by atoms with Crippen LogP contribution in [0.1, 0.15) is 13.3 Å². The summed E-state index contributed by atoms with van der Waals surface area (Å²) >= 11 is 1.85. The second kappa shape index (κ2) is 9.36. The third-order valence-corrected chi connectivity index (χ3v) is 5.07. The van der Waals surface area contributed by atoms with Crippen LogP contribution in [0.3, 0.4) is 0 Å². The lowest BCUT2D eigenvalue weighted by atomic mass is 10.4. The number of rotatable bonds is 4. The van der Waals surface area contributed by atoms with Gasteiger partial charge in [-0.3, -0.25) is 0 Å². The molecule has 0 amide bonds. The van der Waals surface area contributed by atoms with Crippen LogP contribution in [0.2, 0.25) is 0 Å². The Morgan fingerprint density at radius 2 is 1.92 bits per heavy atom. The Bertz CT molecular complexity index is 858. The number of anilines is 1. The Hall–Kier alpha value is -2.15. The van der Waals surface area contributed by atoms with E-state index < -0.39 is 16.0 Å². The number of aryl methyl sites for hydroxylation is 1. The van der Waals surface area contributed by atoms with Crippen LogP contribution in [0.4, 0.5) is 5.95 Å². The average Bonchev–Trinajstić information content (AvgIpc) is 2.46. The smallest absolute Gasteiger partial charge is 0.321 e. The summed E-state index contributed by atoms with van der Waals surface area (Å²) in [6, 6.07) is 5.07. The first-order valence-electron chi connectivity index (χ1n) is 6.12. The summed E-state index contributed by atoms with van der Waals surface area (Å²) in [7, 11) is -2.78. The minimum atomic E-state index is -4.13. The van der Waals surface area contributed by atoms with E-state index in [4.69, 9.17) is 4.74 Å². The number of hydrogen-bond donors (Lipinski definition) is 1. The molecule has 1 heterocycles. The first kappa shape index (κ1) is 22.9. The van der Waals surface area contributed by atoms with Crippen molar-refractivity contribution in [1.29, 1.82) is 0 Å². The molecule has 1 aromatic carbocycles. The van der Waals surface area contributed by atoms with Gasteiger partial charge in [-0.1, -0.05) is 19.6 Å². The van der Waals surface area contributed by atoms with E-state index in [0.717, 1.165) is 0 Å². The molecule has 0 fully saturated rings. The van der Waals surface area contributed by atoms with E-state index in [2.05, 4.69) is 24.7 Å². The lowest BCUT2D eigenvalue weighted by molar-refractivity contribution is -0.213. The fraction of sp³-hybridized carbons (Fsp3) is 0.214. The molecule has 11 heteroatoms. The minimum Gasteiger partial charge on any atom is -0.845 e. The summed E-state index contributed by atoms with van der Waals surface area (Å²) in [6.45, 7) is 1.57. The van der Waals surface area contributed by atoms with Gasteiger partial charge < -0.3 is 15.2 Å². The largest absolute Gasteiger partial charge is 0.845 e. The topological polar surface area (TPSA) is 129 Å². The molecule has 0 unspecified atom stereocenters. The summed E-state index contributed by atoms with van der Waals surface area (Å²) in [6.07, 6.45) is 0. The number of amidine groups is 1. The molecule has 0 bridgehead atoms. The zero-order valence-corrected chi connectivity index (χ0v) is 16.0. The van der Waals surface area contributed by atoms with Crippen molar-refractivity contribution in [3.8, 4) is 6.01 Å². The van der Waals surface area contributed by atoms with Crippen molar-refractivity contribution in [2.75, 3.05) is 12.4 Å². The van der Waals surface area contributed by atoms with E-state index in [9.17, 15) is 13.5 Å². The highest BCUT2D eigenvalue weighted by atomic mass is 127. The Morgan fingerprint density at radius 3 is 2.52 bits per heavy atom. The van der Waals surface area contributed by atoms with Gasteiger partial charge in [-0.25, -0.2) is 0 Å². The molecular weight excluding hydrogens is 461 g/mol. The highest BCUT2D eigenvalue weighted by molar-refractivity contribution is 14.1. The molecule has 1 N–H and O–H groups in total. The first-order chi connectivity index (χ1) is 10.8. The predicted octanol–water partition coefficient (Wildman–Crippen LogP) is 1.40. The number of methoxy groups -OCH3 is 1. The molecule has 0 aliphatic rings. The maximum atomic E-state index is 12.1. The van der Waals surface area contributed by atoms with Gasteiger partial charge in [0, 0.05) is 11.0 Å². The van der Waals surface area contributed by atoms with Crippen LogP contribution in [0.15, 0.2) is 33.6 Å². The van der Waals surface area contributed by atoms with Crippen LogP contribution in [-0.2, 0) is 10.0 Å². The van der Waals surface area contributed by atoms with Crippen molar-refractivity contribution in [2.24, 2.45) is 4.40 Å². The molecule has 0 atom stereocenters. The molecule has 0 saturated carbocycles. The lowest BCUT2D eigenvalue weighted by Gasteiger charge is -2.12. The van der Waals surface area contributed by atoms with Gasteiger partial charge in [0.05, 0.1) is 13.1 Å². The quantitative estimate of drug-likeness (QED) is 0.302. The molecule has 136 valence electrons. The van der Waals surface area contributed by atoms with E-state index in [1.807, 2.05) is 22.6 Å². The first-order valence-corrected chi connectivity index (χ1v) is 8.64. The number of halogens is 1. The number of nitrogens with one attached hydrogen (secondary N) is 1. The normalized spacial score (nSPS) is 11.1. The van der Waals surface area contributed by atoms with E-state index >= 15 is 0 Å². The van der Waals surface area contributed by atoms with Crippen LogP contribution in [0, 0.1) is 17.9 Å². The van der Waals surface area contributed by atoms with E-state index in [0.29, 0.717) is 9.39 Å². The maximum absolute atomic E-state index is 12.1. The molecule has 25 heavy (non-hydrogen) atoms. The van der Waals surface area contributed by atoms with Gasteiger partial charge in [-0.05, 0) is 41.6 Å². The number of hydrogen-bond acceptors (Lipinski definition) is 7. The van der Waals surface area contributed by atoms with Crippen LogP contribution in [-0.4, -0.2) is 36.5 Å². The summed E-state index contributed by atoms with van der Waals surface area (Å²) in [5.74, 6) is 0.147. The fourth-order valence-corrected chi connectivity index (χ4v) is 3.68. The van der Waals surface area contributed by atoms with Gasteiger partial charge in [0.25, 0.3) is 10.0 Å². The van der Waals surface area contributed by atoms with Gasteiger partial charge in [-0.2, -0.15) is 27.8 Å². The standard InChI is InChI=1S/C12H12IN5O4S.CH4.CH3/c1-7-14-10(17-12(15-7)22-2)16-11(19)18-23(20,21)9-6-4-3-5-8(9)13;;/h3-6H,1-2H3,(H2,14,15,16,17,18,19);1H4;1H3/q;;+1/p-1. The van der Waals surface area contributed by atoms with Crippen LogP contribution >= 0.6 is 22.6 Å². The summed E-state index contributed by atoms with van der Waals surface area (Å²) in [5.41, 5.74) is 0. The maximum Gasteiger partial charge on any atom is 0.321 e. The minimum absolute atomic E-state index is 0. The highest BCUT2D eigenvalue weighted by Gasteiger charge is 2.15. The van der Waals surface area contributed by atoms with Crippen molar-refractivity contribution in [3.63, 3.8) is 0 Å². The summed E-state index contributed by atoms with van der Waals surface area (Å²) in [5, 5.41) is 14.0. The molecule has 0 aliphatic heterocycles. The van der Waals surface area contributed by atoms with Gasteiger partial charge in [-0.15, -0.1) is 0 Å². The van der Waals surface area contributed by atoms with Crippen molar-refractivity contribution < 1.29 is 18.3 Å². The Morgan fingerprint density at radius 1 is 1.28 bits per heavy atom. The Balaban J connectivity index is 0.00000288. The van der Waals surface area contributed by atoms with Crippen LogP contribution in [0.25, 0.3) is 0 Å². The molecule has 0 aliphatic carbocycles. The zero-order valence-electron chi connectivity index (χ0n) is 13.0. The van der Waals surface area contributed by atoms with Gasteiger partial charge in [0.1, 0.15) is 10.7 Å². The monoisotopic (exact) mass is 479 g/mol. The second-order valence-electron chi connectivity index (χ2n) is 4.12. The predicted molar refractivity (Wildman–Crippen MR) is 102 cm³/mol. The number of benzene rings is 1. The number of nitrogens with zero attached hydrogens (tertiary/aromatic N) is 4. The second-order valence-corrected chi connectivity index (χ2v) is 6.85. The SMILES string of the molecule is C.COc1nc(C)nc(NC([O-])=NS(=O)(=O)c2ccccc2I)n1.[CH3+]. The van der Waals surface area contributed by atoms with Crippen LogP contribution < -0.4 is 15.2 Å². The third-order valence-electron chi connectivity index (χ3n) is 2.45. The molecular formula is C14H18IN5O4S. The third kappa shape index (κ3) is 6.01. The van der Waals surface area contributed by atoms with Gasteiger partial charge >= 0.3 is 6.01 Å². The van der Waals surface area contributed by atoms with Gasteiger partial charge in [0.2, 0.25) is 5.95 Å². The molecule has 1 aromatic heterocycles. The number of aromatic nitrogens is 3. The Kier molecular flexibility index (Phi) is 8.56. The van der Waals surface area contributed by atoms with Crippen molar-refractivity contribution in [3.05, 3.63) is 41.1 Å².